The highest BCUT2D eigenvalue weighted by Gasteiger charge is 2.33. The predicted molar refractivity (Wildman–Crippen MR) is 91.6 cm³/mol. The molecule has 0 amide bonds. The Labute approximate surface area is 138 Å². The van der Waals surface area contributed by atoms with E-state index in [-0.39, 0.29) is 5.25 Å². The van der Waals surface area contributed by atoms with Crippen LogP contribution in [0.4, 0.5) is 5.82 Å². The third-order valence-corrected chi connectivity index (χ3v) is 7.08. The monoisotopic (exact) mass is 338 g/mol. The summed E-state index contributed by atoms with van der Waals surface area (Å²) in [5.74, 6) is 2.26. The van der Waals surface area contributed by atoms with Crippen molar-refractivity contribution in [2.45, 2.75) is 38.4 Å². The van der Waals surface area contributed by atoms with Gasteiger partial charge in [-0.2, -0.15) is 0 Å². The maximum absolute atomic E-state index is 12.0. The molecule has 1 atom stereocenters. The SMILES string of the molecule is CCc1nc(C)cc(N2CCN(C[C@H]3CCCS3(=O)=O)CC2)n1. The largest absolute Gasteiger partial charge is 0.354 e. The molecule has 0 aromatic carbocycles. The Bertz CT molecular complexity index is 654. The fraction of sp³-hybridized carbons (Fsp3) is 0.750. The van der Waals surface area contributed by atoms with Crippen LogP contribution in [-0.2, 0) is 16.3 Å². The number of piperazine rings is 1. The molecular weight excluding hydrogens is 312 g/mol. The molecule has 23 heavy (non-hydrogen) atoms. The molecule has 0 aliphatic carbocycles. The lowest BCUT2D eigenvalue weighted by molar-refractivity contribution is 0.255. The fourth-order valence-electron chi connectivity index (χ4n) is 3.44. The minimum atomic E-state index is -2.84. The van der Waals surface area contributed by atoms with Crippen LogP contribution < -0.4 is 4.90 Å². The summed E-state index contributed by atoms with van der Waals surface area (Å²) in [6, 6.07) is 2.04. The van der Waals surface area contributed by atoms with Crippen LogP contribution in [0.2, 0.25) is 0 Å². The molecule has 3 heterocycles. The first kappa shape index (κ1) is 16.6. The molecule has 6 nitrogen and oxygen atoms in total. The van der Waals surface area contributed by atoms with Crippen molar-refractivity contribution >= 4 is 15.7 Å². The summed E-state index contributed by atoms with van der Waals surface area (Å²) in [4.78, 5) is 13.6. The number of sulfone groups is 1. The molecule has 0 unspecified atom stereocenters. The van der Waals surface area contributed by atoms with Gasteiger partial charge in [0, 0.05) is 50.9 Å². The van der Waals surface area contributed by atoms with Crippen molar-refractivity contribution in [2.24, 2.45) is 0 Å². The van der Waals surface area contributed by atoms with Crippen LogP contribution in [-0.4, -0.2) is 67.0 Å². The lowest BCUT2D eigenvalue weighted by atomic mass is 10.2. The third-order valence-electron chi connectivity index (χ3n) is 4.82. The zero-order valence-corrected chi connectivity index (χ0v) is 14.8. The average molecular weight is 338 g/mol. The number of hydrogen-bond donors (Lipinski definition) is 0. The van der Waals surface area contributed by atoms with Gasteiger partial charge in [-0.3, -0.25) is 4.90 Å². The second-order valence-corrected chi connectivity index (χ2v) is 8.96. The number of aryl methyl sites for hydroxylation is 2. The highest BCUT2D eigenvalue weighted by Crippen LogP contribution is 2.22. The third kappa shape index (κ3) is 3.83. The van der Waals surface area contributed by atoms with E-state index in [0.29, 0.717) is 12.3 Å². The Morgan fingerprint density at radius 2 is 1.96 bits per heavy atom. The summed E-state index contributed by atoms with van der Waals surface area (Å²) in [5.41, 5.74) is 1.01. The van der Waals surface area contributed by atoms with Crippen LogP contribution in [0.25, 0.3) is 0 Å². The molecule has 0 spiro atoms. The molecule has 2 saturated heterocycles. The Hall–Kier alpha value is -1.21. The smallest absolute Gasteiger partial charge is 0.154 e. The van der Waals surface area contributed by atoms with E-state index in [1.807, 2.05) is 13.0 Å². The van der Waals surface area contributed by atoms with Gasteiger partial charge in [-0.05, 0) is 19.8 Å². The highest BCUT2D eigenvalue weighted by molar-refractivity contribution is 7.92. The molecule has 128 valence electrons. The molecule has 1 aromatic heterocycles. The normalized spacial score (nSPS) is 25.0. The fourth-order valence-corrected chi connectivity index (χ4v) is 5.31. The van der Waals surface area contributed by atoms with E-state index >= 15 is 0 Å². The van der Waals surface area contributed by atoms with E-state index in [1.165, 1.54) is 0 Å². The summed E-state index contributed by atoms with van der Waals surface area (Å²) >= 11 is 0. The summed E-state index contributed by atoms with van der Waals surface area (Å²) in [6.07, 6.45) is 2.49. The van der Waals surface area contributed by atoms with Gasteiger partial charge in [-0.15, -0.1) is 0 Å². The maximum Gasteiger partial charge on any atom is 0.154 e. The number of rotatable bonds is 4. The molecule has 7 heteroatoms. The molecule has 1 aromatic rings. The van der Waals surface area contributed by atoms with Crippen molar-refractivity contribution in [2.75, 3.05) is 43.4 Å². The van der Waals surface area contributed by atoms with Gasteiger partial charge in [0.2, 0.25) is 0 Å². The van der Waals surface area contributed by atoms with E-state index in [4.69, 9.17) is 0 Å². The number of hydrogen-bond acceptors (Lipinski definition) is 6. The van der Waals surface area contributed by atoms with Crippen molar-refractivity contribution in [3.8, 4) is 0 Å². The Morgan fingerprint density at radius 3 is 2.57 bits per heavy atom. The van der Waals surface area contributed by atoms with Crippen LogP contribution >= 0.6 is 0 Å². The summed E-state index contributed by atoms with van der Waals surface area (Å²) in [7, 11) is -2.84. The molecular formula is C16H26N4O2S. The van der Waals surface area contributed by atoms with Gasteiger partial charge in [0.05, 0.1) is 11.0 Å². The van der Waals surface area contributed by atoms with Crippen molar-refractivity contribution < 1.29 is 8.42 Å². The van der Waals surface area contributed by atoms with Crippen LogP contribution in [0.15, 0.2) is 6.07 Å². The average Bonchev–Trinajstić information content (AvgIpc) is 2.86. The summed E-state index contributed by atoms with van der Waals surface area (Å²) < 4.78 is 24.0. The van der Waals surface area contributed by atoms with Crippen molar-refractivity contribution in [1.29, 1.82) is 0 Å². The van der Waals surface area contributed by atoms with E-state index in [0.717, 1.165) is 62.8 Å². The number of anilines is 1. The van der Waals surface area contributed by atoms with E-state index < -0.39 is 9.84 Å². The second kappa shape index (κ2) is 6.73. The van der Waals surface area contributed by atoms with Crippen molar-refractivity contribution in [3.05, 3.63) is 17.6 Å². The molecule has 2 fully saturated rings. The van der Waals surface area contributed by atoms with Crippen molar-refractivity contribution in [1.82, 2.24) is 14.9 Å². The molecule has 0 saturated carbocycles. The minimum Gasteiger partial charge on any atom is -0.354 e. The Kier molecular flexibility index (Phi) is 4.87. The first-order valence-corrected chi connectivity index (χ1v) is 10.2. The van der Waals surface area contributed by atoms with E-state index in [9.17, 15) is 8.42 Å². The van der Waals surface area contributed by atoms with Crippen LogP contribution in [0.3, 0.4) is 0 Å². The number of nitrogens with zero attached hydrogens (tertiary/aromatic N) is 4. The Balaban J connectivity index is 1.59. The minimum absolute atomic E-state index is 0.151. The lowest BCUT2D eigenvalue weighted by Gasteiger charge is -2.36. The van der Waals surface area contributed by atoms with Gasteiger partial charge < -0.3 is 4.90 Å². The van der Waals surface area contributed by atoms with Crippen LogP contribution in [0.5, 0.6) is 0 Å². The van der Waals surface area contributed by atoms with Crippen LogP contribution in [0, 0.1) is 6.92 Å². The molecule has 0 N–H and O–H groups in total. The van der Waals surface area contributed by atoms with Gasteiger partial charge in [0.25, 0.3) is 0 Å². The van der Waals surface area contributed by atoms with Gasteiger partial charge >= 0.3 is 0 Å². The second-order valence-electron chi connectivity index (χ2n) is 6.56. The Morgan fingerprint density at radius 1 is 1.22 bits per heavy atom. The molecule has 2 aliphatic heterocycles. The van der Waals surface area contributed by atoms with Gasteiger partial charge in [-0.25, -0.2) is 18.4 Å². The van der Waals surface area contributed by atoms with Gasteiger partial charge in [0.15, 0.2) is 9.84 Å². The first-order chi connectivity index (χ1) is 11.0. The van der Waals surface area contributed by atoms with Crippen molar-refractivity contribution in [3.63, 3.8) is 0 Å². The maximum atomic E-state index is 12.0. The quantitative estimate of drug-likeness (QED) is 0.817. The number of aromatic nitrogens is 2. The summed E-state index contributed by atoms with van der Waals surface area (Å²) in [5, 5.41) is -0.151. The van der Waals surface area contributed by atoms with Gasteiger partial charge in [-0.1, -0.05) is 6.92 Å². The predicted octanol–water partition coefficient (Wildman–Crippen LogP) is 1.05. The van der Waals surface area contributed by atoms with E-state index in [2.05, 4.69) is 26.7 Å². The van der Waals surface area contributed by atoms with E-state index in [1.54, 1.807) is 0 Å². The standard InChI is InChI=1S/C16H26N4O2S/c1-3-15-17-13(2)11-16(18-15)20-8-6-19(7-9-20)12-14-5-4-10-23(14,21)22/h11,14H,3-10,12H2,1-2H3/t14-/m1/s1. The molecule has 3 rings (SSSR count). The highest BCUT2D eigenvalue weighted by atomic mass is 32.2. The zero-order valence-electron chi connectivity index (χ0n) is 14.0. The molecule has 0 radical (unpaired) electrons. The lowest BCUT2D eigenvalue weighted by Crippen LogP contribution is -2.49. The zero-order chi connectivity index (χ0) is 16.4. The van der Waals surface area contributed by atoms with Gasteiger partial charge in [0.1, 0.15) is 11.6 Å². The molecule has 2 aliphatic rings. The topological polar surface area (TPSA) is 66.4 Å². The molecule has 0 bridgehead atoms. The van der Waals surface area contributed by atoms with Crippen LogP contribution in [0.1, 0.15) is 31.3 Å². The first-order valence-electron chi connectivity index (χ1n) is 8.51. The summed E-state index contributed by atoms with van der Waals surface area (Å²) in [6.45, 7) is 8.36.